The Balaban J connectivity index is 2.08. The first-order chi connectivity index (χ1) is 8.68. The lowest BCUT2D eigenvalue weighted by Gasteiger charge is -2.40. The van der Waals surface area contributed by atoms with E-state index in [4.69, 9.17) is 5.73 Å². The third-order valence-corrected chi connectivity index (χ3v) is 4.41. The largest absolute Gasteiger partial charge is 0.329 e. The first-order valence-electron chi connectivity index (χ1n) is 6.92. The number of aryl methyl sites for hydroxylation is 1. The summed E-state index contributed by atoms with van der Waals surface area (Å²) in [4.78, 5) is 6.70. The second-order valence-corrected chi connectivity index (χ2v) is 5.50. The highest BCUT2D eigenvalue weighted by molar-refractivity contribution is 4.95. The van der Waals surface area contributed by atoms with Gasteiger partial charge in [-0.3, -0.25) is 9.58 Å². The summed E-state index contributed by atoms with van der Waals surface area (Å²) >= 11 is 0. The maximum Gasteiger partial charge on any atom is 0.140 e. The predicted octanol–water partition coefficient (Wildman–Crippen LogP) is 1.30. The summed E-state index contributed by atoms with van der Waals surface area (Å²) in [5.74, 6) is 1.01. The lowest BCUT2D eigenvalue weighted by Crippen LogP contribution is -2.51. The number of rotatable bonds is 4. The van der Waals surface area contributed by atoms with E-state index >= 15 is 0 Å². The van der Waals surface area contributed by atoms with Crippen LogP contribution in [-0.2, 0) is 13.6 Å². The van der Waals surface area contributed by atoms with Gasteiger partial charge < -0.3 is 5.73 Å². The van der Waals surface area contributed by atoms with E-state index in [1.54, 1.807) is 6.33 Å². The highest BCUT2D eigenvalue weighted by atomic mass is 15.3. The monoisotopic (exact) mass is 251 g/mol. The van der Waals surface area contributed by atoms with Gasteiger partial charge in [0, 0.05) is 19.1 Å². The van der Waals surface area contributed by atoms with Crippen LogP contribution < -0.4 is 5.73 Å². The zero-order chi connectivity index (χ0) is 13.0. The van der Waals surface area contributed by atoms with Crippen molar-refractivity contribution in [2.45, 2.75) is 50.6 Å². The Hall–Kier alpha value is -0.940. The molecule has 1 aliphatic carbocycles. The molecule has 0 aliphatic heterocycles. The second kappa shape index (κ2) is 5.80. The van der Waals surface area contributed by atoms with Crippen LogP contribution in [-0.4, -0.2) is 38.8 Å². The molecule has 0 saturated heterocycles. The van der Waals surface area contributed by atoms with Crippen molar-refractivity contribution < 1.29 is 0 Å². The Morgan fingerprint density at radius 2 is 2.00 bits per heavy atom. The van der Waals surface area contributed by atoms with Gasteiger partial charge in [-0.1, -0.05) is 25.7 Å². The average molecular weight is 251 g/mol. The van der Waals surface area contributed by atoms with E-state index in [1.165, 1.54) is 38.5 Å². The molecule has 1 aromatic rings. The molecule has 0 bridgehead atoms. The minimum atomic E-state index is 0.155. The van der Waals surface area contributed by atoms with E-state index in [1.807, 2.05) is 11.7 Å². The molecule has 1 saturated carbocycles. The fraction of sp³-hybridized carbons (Fsp3) is 0.846. The maximum absolute atomic E-state index is 6.09. The normalized spacial score (nSPS) is 20.0. The smallest absolute Gasteiger partial charge is 0.140 e. The fourth-order valence-corrected chi connectivity index (χ4v) is 2.97. The quantitative estimate of drug-likeness (QED) is 0.819. The number of aromatic nitrogens is 3. The van der Waals surface area contributed by atoms with Crippen molar-refractivity contribution in [1.29, 1.82) is 0 Å². The highest BCUT2D eigenvalue weighted by Crippen LogP contribution is 2.31. The molecule has 5 nitrogen and oxygen atoms in total. The third kappa shape index (κ3) is 2.72. The summed E-state index contributed by atoms with van der Waals surface area (Å²) < 4.78 is 1.84. The van der Waals surface area contributed by atoms with Gasteiger partial charge in [0.1, 0.15) is 12.2 Å². The number of nitrogens with two attached hydrogens (primary N) is 1. The van der Waals surface area contributed by atoms with Crippen LogP contribution in [0.3, 0.4) is 0 Å². The molecular formula is C13H25N5. The van der Waals surface area contributed by atoms with Crippen LogP contribution in [0.2, 0.25) is 0 Å². The second-order valence-electron chi connectivity index (χ2n) is 5.50. The van der Waals surface area contributed by atoms with Crippen LogP contribution in [0.1, 0.15) is 44.3 Å². The van der Waals surface area contributed by atoms with E-state index in [0.717, 1.165) is 18.9 Å². The van der Waals surface area contributed by atoms with Crippen molar-refractivity contribution in [3.8, 4) is 0 Å². The van der Waals surface area contributed by atoms with Crippen molar-refractivity contribution in [2.75, 3.05) is 13.6 Å². The summed E-state index contributed by atoms with van der Waals surface area (Å²) in [6.07, 6.45) is 9.31. The van der Waals surface area contributed by atoms with E-state index < -0.39 is 0 Å². The lowest BCUT2D eigenvalue weighted by molar-refractivity contribution is 0.0957. The van der Waals surface area contributed by atoms with Gasteiger partial charge in [-0.15, -0.1) is 0 Å². The van der Waals surface area contributed by atoms with Crippen molar-refractivity contribution in [2.24, 2.45) is 12.8 Å². The Morgan fingerprint density at radius 1 is 1.33 bits per heavy atom. The van der Waals surface area contributed by atoms with E-state index in [0.29, 0.717) is 0 Å². The van der Waals surface area contributed by atoms with Crippen LogP contribution >= 0.6 is 0 Å². The van der Waals surface area contributed by atoms with Crippen molar-refractivity contribution in [3.05, 3.63) is 12.2 Å². The first kappa shape index (κ1) is 13.5. The van der Waals surface area contributed by atoms with Crippen LogP contribution in [0.25, 0.3) is 0 Å². The number of hydrogen-bond acceptors (Lipinski definition) is 4. The number of likely N-dealkylation sites (N-methyl/N-ethyl adjacent to an activating group) is 1. The Labute approximate surface area is 109 Å². The van der Waals surface area contributed by atoms with Crippen LogP contribution in [0.5, 0.6) is 0 Å². The summed E-state index contributed by atoms with van der Waals surface area (Å²) in [7, 11) is 4.12. The Kier molecular flexibility index (Phi) is 4.35. The van der Waals surface area contributed by atoms with Gasteiger partial charge in [0.15, 0.2) is 0 Å². The van der Waals surface area contributed by atoms with Crippen molar-refractivity contribution in [3.63, 3.8) is 0 Å². The van der Waals surface area contributed by atoms with Gasteiger partial charge in [-0.2, -0.15) is 5.10 Å². The maximum atomic E-state index is 6.09. The molecule has 0 radical (unpaired) electrons. The molecule has 0 spiro atoms. The highest BCUT2D eigenvalue weighted by Gasteiger charge is 2.34. The summed E-state index contributed by atoms with van der Waals surface area (Å²) in [6, 6.07) is 0. The summed E-state index contributed by atoms with van der Waals surface area (Å²) in [5.41, 5.74) is 6.25. The predicted molar refractivity (Wildman–Crippen MR) is 72.0 cm³/mol. The van der Waals surface area contributed by atoms with Gasteiger partial charge in [0.05, 0.1) is 6.54 Å². The van der Waals surface area contributed by atoms with Gasteiger partial charge in [-0.25, -0.2) is 4.98 Å². The first-order valence-corrected chi connectivity index (χ1v) is 6.92. The molecule has 1 aromatic heterocycles. The molecule has 1 fully saturated rings. The van der Waals surface area contributed by atoms with Crippen molar-refractivity contribution >= 4 is 0 Å². The molecule has 18 heavy (non-hydrogen) atoms. The molecule has 2 rings (SSSR count). The molecule has 0 unspecified atom stereocenters. The van der Waals surface area contributed by atoms with Crippen LogP contribution in [0.4, 0.5) is 0 Å². The van der Waals surface area contributed by atoms with Crippen molar-refractivity contribution in [1.82, 2.24) is 19.7 Å². The zero-order valence-electron chi connectivity index (χ0n) is 11.6. The molecule has 1 aliphatic rings. The van der Waals surface area contributed by atoms with Crippen LogP contribution in [0.15, 0.2) is 6.33 Å². The Bertz CT molecular complexity index is 365. The molecule has 0 aromatic carbocycles. The third-order valence-electron chi connectivity index (χ3n) is 4.41. The average Bonchev–Trinajstić information content (AvgIpc) is 2.66. The molecule has 102 valence electrons. The molecule has 5 heteroatoms. The van der Waals surface area contributed by atoms with E-state index in [-0.39, 0.29) is 5.54 Å². The van der Waals surface area contributed by atoms with E-state index in [9.17, 15) is 0 Å². The van der Waals surface area contributed by atoms with Gasteiger partial charge in [0.25, 0.3) is 0 Å². The molecule has 0 atom stereocenters. The topological polar surface area (TPSA) is 60.0 Å². The van der Waals surface area contributed by atoms with Gasteiger partial charge in [0.2, 0.25) is 0 Å². The molecule has 2 N–H and O–H groups in total. The number of hydrogen-bond donors (Lipinski definition) is 1. The minimum absolute atomic E-state index is 0.155. The number of nitrogens with zero attached hydrogens (tertiary/aromatic N) is 4. The fourth-order valence-electron chi connectivity index (χ4n) is 2.97. The van der Waals surface area contributed by atoms with Crippen LogP contribution in [0, 0.1) is 0 Å². The summed E-state index contributed by atoms with van der Waals surface area (Å²) in [5, 5.41) is 4.13. The van der Waals surface area contributed by atoms with Gasteiger partial charge >= 0.3 is 0 Å². The van der Waals surface area contributed by atoms with Gasteiger partial charge in [-0.05, 0) is 19.9 Å². The van der Waals surface area contributed by atoms with E-state index in [2.05, 4.69) is 22.0 Å². The minimum Gasteiger partial charge on any atom is -0.329 e. The standard InChI is InChI=1S/C13H25N5/c1-17(9-12-15-11-16-18(12)2)13(10-14)7-5-3-4-6-8-13/h11H,3-10,14H2,1-2H3. The zero-order valence-corrected chi connectivity index (χ0v) is 11.6. The Morgan fingerprint density at radius 3 is 2.50 bits per heavy atom. The summed E-state index contributed by atoms with van der Waals surface area (Å²) in [6.45, 7) is 1.56. The molecule has 0 amide bonds. The SMILES string of the molecule is CN(Cc1ncnn1C)C1(CN)CCCCCC1. The molecule has 1 heterocycles. The molecular weight excluding hydrogens is 226 g/mol. The lowest BCUT2D eigenvalue weighted by atomic mass is 9.88.